The van der Waals surface area contributed by atoms with Crippen molar-refractivity contribution in [2.45, 2.75) is 19.8 Å². The fourth-order valence-electron chi connectivity index (χ4n) is 4.78. The summed E-state index contributed by atoms with van der Waals surface area (Å²) in [6.45, 7) is 1.73. The second-order valence-electron chi connectivity index (χ2n) is 7.84. The van der Waals surface area contributed by atoms with Crippen molar-refractivity contribution in [3.63, 3.8) is 0 Å². The van der Waals surface area contributed by atoms with Gasteiger partial charge in [0.05, 0.1) is 29.8 Å². The lowest BCUT2D eigenvalue weighted by molar-refractivity contribution is -0.138. The van der Waals surface area contributed by atoms with Crippen molar-refractivity contribution in [1.29, 1.82) is 10.5 Å². The minimum absolute atomic E-state index is 0.0706. The smallest absolute Gasteiger partial charge is 0.334 e. The molecule has 1 aliphatic heterocycles. The third-order valence-electron chi connectivity index (χ3n) is 6.20. The fraction of sp³-hybridized carbons (Fsp3) is 0.240. The number of esters is 1. The van der Waals surface area contributed by atoms with E-state index in [2.05, 4.69) is 15.9 Å². The summed E-state index contributed by atoms with van der Waals surface area (Å²) in [5.74, 6) is -1.93. The van der Waals surface area contributed by atoms with Gasteiger partial charge in [0.15, 0.2) is 5.41 Å². The number of para-hydroxylation sites is 1. The molecule has 2 amide bonds. The van der Waals surface area contributed by atoms with Gasteiger partial charge in [-0.25, -0.2) is 9.69 Å². The first-order valence-electron chi connectivity index (χ1n) is 10.3. The minimum Gasteiger partial charge on any atom is -0.463 e. The molecule has 1 fully saturated rings. The number of benzene rings is 2. The number of nitrogens with zero attached hydrogens (tertiary/aromatic N) is 3. The van der Waals surface area contributed by atoms with E-state index in [1.165, 1.54) is 0 Å². The number of nitriles is 2. The number of allylic oxidation sites excluding steroid dienone is 1. The van der Waals surface area contributed by atoms with Crippen molar-refractivity contribution < 1.29 is 19.1 Å². The third kappa shape index (κ3) is 3.10. The summed E-state index contributed by atoms with van der Waals surface area (Å²) in [4.78, 5) is 41.1. The third-order valence-corrected chi connectivity index (χ3v) is 6.87. The molecule has 0 radical (unpaired) electrons. The van der Waals surface area contributed by atoms with Gasteiger partial charge < -0.3 is 4.74 Å². The Morgan fingerprint density at radius 2 is 1.70 bits per heavy atom. The van der Waals surface area contributed by atoms with Gasteiger partial charge >= 0.3 is 5.97 Å². The zero-order valence-corrected chi connectivity index (χ0v) is 19.3. The van der Waals surface area contributed by atoms with Gasteiger partial charge in [0.2, 0.25) is 11.8 Å². The Balaban J connectivity index is 1.96. The molecule has 1 spiro atoms. The quantitative estimate of drug-likeness (QED) is 0.457. The summed E-state index contributed by atoms with van der Waals surface area (Å²) in [5, 5.41) is 20.7. The van der Waals surface area contributed by atoms with Crippen molar-refractivity contribution in [3.05, 3.63) is 70.2 Å². The van der Waals surface area contributed by atoms with E-state index in [1.54, 1.807) is 61.5 Å². The van der Waals surface area contributed by atoms with Crippen LogP contribution in [0.3, 0.4) is 0 Å². The number of hydrogen-bond acceptors (Lipinski definition) is 6. The molecule has 8 heteroatoms. The topological polar surface area (TPSA) is 111 Å². The number of hydrogen-bond donors (Lipinski definition) is 0. The lowest BCUT2D eigenvalue weighted by atomic mass is 9.62. The van der Waals surface area contributed by atoms with Crippen LogP contribution < -0.4 is 4.90 Å². The molecule has 1 atom stereocenters. The van der Waals surface area contributed by atoms with Crippen molar-refractivity contribution in [1.82, 2.24) is 0 Å². The maximum atomic E-state index is 13.9. The predicted molar refractivity (Wildman–Crippen MR) is 122 cm³/mol. The number of rotatable bonds is 4. The molecule has 1 heterocycles. The average Bonchev–Trinajstić information content (AvgIpc) is 3.26. The van der Waals surface area contributed by atoms with Crippen LogP contribution in [0.15, 0.2) is 64.6 Å². The standard InChI is InChI=1S/C25H18BrN3O4/c1-2-33-22(31)17-12-24(25(14-27,15-28)21(17)16-8-4-3-5-9-16)13-20(30)29(23(24)32)19-11-7-6-10-18(19)26/h3-11H,2,12-13H2,1H3. The molecule has 33 heavy (non-hydrogen) atoms. The predicted octanol–water partition coefficient (Wildman–Crippen LogP) is 4.15. The Morgan fingerprint density at radius 1 is 1.06 bits per heavy atom. The van der Waals surface area contributed by atoms with E-state index >= 15 is 0 Å². The first-order valence-corrected chi connectivity index (χ1v) is 11.1. The first-order chi connectivity index (χ1) is 15.9. The highest BCUT2D eigenvalue weighted by Crippen LogP contribution is 2.64. The van der Waals surface area contributed by atoms with E-state index in [1.807, 2.05) is 12.1 Å². The maximum absolute atomic E-state index is 13.9. The van der Waals surface area contributed by atoms with Gasteiger partial charge in [-0.15, -0.1) is 0 Å². The Bertz CT molecular complexity index is 1270. The number of amides is 2. The highest BCUT2D eigenvalue weighted by molar-refractivity contribution is 9.10. The van der Waals surface area contributed by atoms with E-state index in [-0.39, 0.29) is 30.6 Å². The number of carbonyl (C=O) groups excluding carboxylic acids is 3. The second-order valence-corrected chi connectivity index (χ2v) is 8.69. The molecule has 1 saturated heterocycles. The minimum atomic E-state index is -2.06. The van der Waals surface area contributed by atoms with Crippen LogP contribution in [-0.4, -0.2) is 24.4 Å². The van der Waals surface area contributed by atoms with Crippen LogP contribution in [0.25, 0.3) is 5.57 Å². The molecule has 1 unspecified atom stereocenters. The van der Waals surface area contributed by atoms with Crippen LogP contribution in [0.5, 0.6) is 0 Å². The van der Waals surface area contributed by atoms with Gasteiger partial charge in [0.25, 0.3) is 0 Å². The Morgan fingerprint density at radius 3 is 2.30 bits per heavy atom. The fourth-order valence-corrected chi connectivity index (χ4v) is 5.24. The number of imide groups is 1. The van der Waals surface area contributed by atoms with Crippen LogP contribution in [0.1, 0.15) is 25.3 Å². The molecule has 2 aliphatic rings. The Kier molecular flexibility index (Phi) is 5.65. The van der Waals surface area contributed by atoms with Gasteiger partial charge in [-0.2, -0.15) is 10.5 Å². The van der Waals surface area contributed by atoms with Gasteiger partial charge in [-0.1, -0.05) is 42.5 Å². The number of carbonyl (C=O) groups is 3. The van der Waals surface area contributed by atoms with Gasteiger partial charge in [0, 0.05) is 22.0 Å². The summed E-state index contributed by atoms with van der Waals surface area (Å²) in [6.07, 6.45) is -0.629. The van der Waals surface area contributed by atoms with Crippen LogP contribution in [0.4, 0.5) is 5.69 Å². The van der Waals surface area contributed by atoms with E-state index in [0.29, 0.717) is 15.7 Å². The molecule has 2 aromatic carbocycles. The molecule has 0 N–H and O–H groups in total. The van der Waals surface area contributed by atoms with E-state index in [0.717, 1.165) is 4.90 Å². The molecule has 7 nitrogen and oxygen atoms in total. The van der Waals surface area contributed by atoms with Crippen LogP contribution in [0, 0.1) is 33.5 Å². The molecule has 0 bridgehead atoms. The van der Waals surface area contributed by atoms with E-state index < -0.39 is 28.6 Å². The lowest BCUT2D eigenvalue weighted by Crippen LogP contribution is -2.45. The zero-order valence-electron chi connectivity index (χ0n) is 17.7. The molecule has 2 aromatic rings. The van der Waals surface area contributed by atoms with Crippen LogP contribution in [0.2, 0.25) is 0 Å². The van der Waals surface area contributed by atoms with Crippen molar-refractivity contribution in [2.24, 2.45) is 10.8 Å². The highest BCUT2D eigenvalue weighted by atomic mass is 79.9. The molecular weight excluding hydrogens is 486 g/mol. The number of anilines is 1. The lowest BCUT2D eigenvalue weighted by Gasteiger charge is -2.32. The van der Waals surface area contributed by atoms with Gasteiger partial charge in [0.1, 0.15) is 0 Å². The molecule has 164 valence electrons. The monoisotopic (exact) mass is 503 g/mol. The highest BCUT2D eigenvalue weighted by Gasteiger charge is 2.71. The molecule has 0 aromatic heterocycles. The number of ether oxygens (including phenoxy) is 1. The Labute approximate surface area is 199 Å². The maximum Gasteiger partial charge on any atom is 0.334 e. The van der Waals surface area contributed by atoms with Crippen molar-refractivity contribution in [2.75, 3.05) is 11.5 Å². The molecular formula is C25H18BrN3O4. The zero-order chi connectivity index (χ0) is 23.8. The summed E-state index contributed by atoms with van der Waals surface area (Å²) < 4.78 is 5.74. The molecule has 4 rings (SSSR count). The van der Waals surface area contributed by atoms with Crippen molar-refractivity contribution in [3.8, 4) is 12.1 Å². The summed E-state index contributed by atoms with van der Waals surface area (Å²) >= 11 is 3.36. The van der Waals surface area contributed by atoms with E-state index in [4.69, 9.17) is 4.74 Å². The summed E-state index contributed by atoms with van der Waals surface area (Å²) in [5.41, 5.74) is -2.84. The largest absolute Gasteiger partial charge is 0.463 e. The SMILES string of the molecule is CCOC(=O)C1=C(c2ccccc2)C(C#N)(C#N)C2(CC(=O)N(c3ccccc3Br)C2=O)C1. The van der Waals surface area contributed by atoms with Crippen LogP contribution in [-0.2, 0) is 19.1 Å². The Hall–Kier alpha value is -3.75. The second kappa shape index (κ2) is 8.31. The number of halogens is 1. The van der Waals surface area contributed by atoms with Crippen molar-refractivity contribution >= 4 is 45.0 Å². The van der Waals surface area contributed by atoms with E-state index in [9.17, 15) is 24.9 Å². The van der Waals surface area contributed by atoms with Gasteiger partial charge in [-0.05, 0) is 47.0 Å². The summed E-state index contributed by atoms with van der Waals surface area (Å²) in [7, 11) is 0. The first kappa shape index (κ1) is 22.4. The molecule has 1 aliphatic carbocycles. The van der Waals surface area contributed by atoms with Crippen LogP contribution >= 0.6 is 15.9 Å². The summed E-state index contributed by atoms with van der Waals surface area (Å²) in [6, 6.07) is 19.3. The van der Waals surface area contributed by atoms with Gasteiger partial charge in [-0.3, -0.25) is 9.59 Å². The molecule has 0 saturated carbocycles. The normalized spacial score (nSPS) is 21.3. The average molecular weight is 504 g/mol.